The van der Waals surface area contributed by atoms with Gasteiger partial charge in [-0.3, -0.25) is 4.79 Å². The quantitative estimate of drug-likeness (QED) is 0.414. The van der Waals surface area contributed by atoms with Crippen molar-refractivity contribution in [3.05, 3.63) is 59.7 Å². The number of carbonyl (C=O) groups excluding carboxylic acids is 2. The molecule has 0 heterocycles. The molecule has 0 saturated carbocycles. The molecule has 8 nitrogen and oxygen atoms in total. The van der Waals surface area contributed by atoms with Crippen LogP contribution in [0.3, 0.4) is 0 Å². The number of aliphatic carboxylic acids is 1. The number of alkyl carbamates (subject to hydrolysis) is 1. The number of nitrogens with one attached hydrogen (secondary N) is 2. The van der Waals surface area contributed by atoms with Crippen LogP contribution in [0.4, 0.5) is 4.79 Å². The Labute approximate surface area is 193 Å². The molecule has 0 fully saturated rings. The van der Waals surface area contributed by atoms with Gasteiger partial charge in [0.25, 0.3) is 0 Å². The van der Waals surface area contributed by atoms with Gasteiger partial charge in [-0.25, -0.2) is 9.59 Å². The van der Waals surface area contributed by atoms with Crippen LogP contribution in [0.15, 0.2) is 48.5 Å². The van der Waals surface area contributed by atoms with E-state index >= 15 is 0 Å². The van der Waals surface area contributed by atoms with Crippen LogP contribution < -0.4 is 10.6 Å². The third kappa shape index (κ3) is 6.10. The Morgan fingerprint density at radius 1 is 1.00 bits per heavy atom. The van der Waals surface area contributed by atoms with Crippen molar-refractivity contribution in [2.75, 3.05) is 13.2 Å². The standard InChI is InChI=1S/C25H30N2O6/c1-2-3-8-16(13-23(29)27-22(14-28)24(30)31)26-25(32)33-15-21-19-11-6-4-9-17(19)18-10-5-7-12-20(18)21/h4-7,9-12,16,21-22,28H,2-3,8,13-15H2,1H3,(H,26,32)(H,27,29)(H,30,31)/t16-,22-/m1/s1. The van der Waals surface area contributed by atoms with Crippen LogP contribution in [0.5, 0.6) is 0 Å². The van der Waals surface area contributed by atoms with Crippen LogP contribution in [0, 0.1) is 0 Å². The maximum absolute atomic E-state index is 12.6. The highest BCUT2D eigenvalue weighted by atomic mass is 16.5. The largest absolute Gasteiger partial charge is 0.480 e. The number of benzene rings is 2. The molecule has 0 radical (unpaired) electrons. The number of unbranched alkanes of at least 4 members (excludes halogenated alkanes) is 1. The summed E-state index contributed by atoms with van der Waals surface area (Å²) in [6.07, 6.45) is 1.48. The van der Waals surface area contributed by atoms with Crippen LogP contribution in [0.2, 0.25) is 0 Å². The van der Waals surface area contributed by atoms with E-state index in [1.165, 1.54) is 0 Å². The summed E-state index contributed by atoms with van der Waals surface area (Å²) in [6.45, 7) is 1.45. The molecule has 33 heavy (non-hydrogen) atoms. The van der Waals surface area contributed by atoms with Gasteiger partial charge in [-0.15, -0.1) is 0 Å². The first-order valence-corrected chi connectivity index (χ1v) is 11.2. The molecule has 0 spiro atoms. The van der Waals surface area contributed by atoms with Gasteiger partial charge in [0.1, 0.15) is 12.6 Å². The van der Waals surface area contributed by atoms with Crippen LogP contribution >= 0.6 is 0 Å². The number of hydrogen-bond donors (Lipinski definition) is 4. The Morgan fingerprint density at radius 2 is 1.61 bits per heavy atom. The molecule has 2 amide bonds. The van der Waals surface area contributed by atoms with Gasteiger partial charge in [-0.05, 0) is 28.7 Å². The predicted molar refractivity (Wildman–Crippen MR) is 123 cm³/mol. The molecule has 176 valence electrons. The lowest BCUT2D eigenvalue weighted by Gasteiger charge is -2.20. The molecule has 0 aliphatic heterocycles. The van der Waals surface area contributed by atoms with Crippen LogP contribution in [0.1, 0.15) is 49.7 Å². The number of hydrogen-bond acceptors (Lipinski definition) is 5. The van der Waals surface area contributed by atoms with Gasteiger partial charge in [0.05, 0.1) is 6.61 Å². The Hall–Kier alpha value is -3.39. The summed E-state index contributed by atoms with van der Waals surface area (Å²) in [5.41, 5.74) is 4.49. The highest BCUT2D eigenvalue weighted by Crippen LogP contribution is 2.44. The third-order valence-corrected chi connectivity index (χ3v) is 5.82. The second kappa shape index (κ2) is 11.5. The molecular formula is C25H30N2O6. The molecular weight excluding hydrogens is 424 g/mol. The van der Waals surface area contributed by atoms with E-state index in [0.29, 0.717) is 6.42 Å². The highest BCUT2D eigenvalue weighted by molar-refractivity contribution is 5.84. The SMILES string of the molecule is CCCC[C@H](CC(=O)N[C@H](CO)C(=O)O)NC(=O)OCC1c2ccccc2-c2ccccc21. The zero-order valence-electron chi connectivity index (χ0n) is 18.6. The second-order valence-corrected chi connectivity index (χ2v) is 8.15. The molecule has 2 aromatic carbocycles. The summed E-state index contributed by atoms with van der Waals surface area (Å²) in [5.74, 6) is -1.95. The number of ether oxygens (including phenoxy) is 1. The second-order valence-electron chi connectivity index (χ2n) is 8.15. The van der Waals surface area contributed by atoms with Crippen molar-refractivity contribution in [2.24, 2.45) is 0 Å². The van der Waals surface area contributed by atoms with Crippen molar-refractivity contribution in [2.45, 2.75) is 50.6 Å². The van der Waals surface area contributed by atoms with Gasteiger partial charge in [0.15, 0.2) is 0 Å². The fraction of sp³-hybridized carbons (Fsp3) is 0.400. The Bertz CT molecular complexity index is 947. The Morgan fingerprint density at radius 3 is 2.15 bits per heavy atom. The summed E-state index contributed by atoms with van der Waals surface area (Å²) in [5, 5.41) is 23.1. The molecule has 1 aliphatic carbocycles. The van der Waals surface area contributed by atoms with E-state index in [9.17, 15) is 14.4 Å². The van der Waals surface area contributed by atoms with E-state index in [1.54, 1.807) is 0 Å². The predicted octanol–water partition coefficient (Wildman–Crippen LogP) is 3.04. The van der Waals surface area contributed by atoms with Crippen LogP contribution in [-0.2, 0) is 14.3 Å². The molecule has 2 atom stereocenters. The fourth-order valence-corrected chi connectivity index (χ4v) is 4.15. The molecule has 0 saturated heterocycles. The number of aliphatic hydroxyl groups is 1. The van der Waals surface area contributed by atoms with Crippen molar-refractivity contribution in [3.8, 4) is 11.1 Å². The van der Waals surface area contributed by atoms with Gasteiger partial charge in [0, 0.05) is 18.4 Å². The van der Waals surface area contributed by atoms with Crippen molar-refractivity contribution >= 4 is 18.0 Å². The first kappa shape index (κ1) is 24.3. The van der Waals surface area contributed by atoms with Gasteiger partial charge in [0.2, 0.25) is 5.91 Å². The third-order valence-electron chi connectivity index (χ3n) is 5.82. The molecule has 2 aromatic rings. The molecule has 4 N–H and O–H groups in total. The van der Waals surface area contributed by atoms with Gasteiger partial charge < -0.3 is 25.6 Å². The number of carboxylic acid groups (broad SMARTS) is 1. The van der Waals surface area contributed by atoms with E-state index in [2.05, 4.69) is 22.8 Å². The first-order valence-electron chi connectivity index (χ1n) is 11.2. The minimum atomic E-state index is -1.38. The topological polar surface area (TPSA) is 125 Å². The van der Waals surface area contributed by atoms with Gasteiger partial charge in [-0.1, -0.05) is 68.3 Å². The number of aliphatic hydroxyl groups excluding tert-OH is 1. The van der Waals surface area contributed by atoms with E-state index in [-0.39, 0.29) is 18.9 Å². The molecule has 3 rings (SSSR count). The van der Waals surface area contributed by atoms with Gasteiger partial charge >= 0.3 is 12.1 Å². The normalized spacial score (nSPS) is 14.0. The van der Waals surface area contributed by atoms with E-state index in [4.69, 9.17) is 14.9 Å². The summed E-state index contributed by atoms with van der Waals surface area (Å²) in [4.78, 5) is 35.8. The number of carboxylic acids is 1. The first-order chi connectivity index (χ1) is 15.9. The number of carbonyl (C=O) groups is 3. The smallest absolute Gasteiger partial charge is 0.407 e. The maximum Gasteiger partial charge on any atom is 0.407 e. The molecule has 0 unspecified atom stereocenters. The van der Waals surface area contributed by atoms with Crippen molar-refractivity contribution in [3.63, 3.8) is 0 Å². The lowest BCUT2D eigenvalue weighted by Crippen LogP contribution is -2.46. The number of amides is 2. The fourth-order valence-electron chi connectivity index (χ4n) is 4.15. The summed E-state index contributed by atoms with van der Waals surface area (Å²) in [6, 6.07) is 14.2. The van der Waals surface area contributed by atoms with E-state index in [0.717, 1.165) is 35.1 Å². The molecule has 0 bridgehead atoms. The lowest BCUT2D eigenvalue weighted by atomic mass is 9.98. The van der Waals surface area contributed by atoms with E-state index < -0.39 is 36.7 Å². The average molecular weight is 455 g/mol. The molecule has 8 heteroatoms. The average Bonchev–Trinajstić information content (AvgIpc) is 3.13. The highest BCUT2D eigenvalue weighted by Gasteiger charge is 2.29. The van der Waals surface area contributed by atoms with Crippen LogP contribution in [0.25, 0.3) is 11.1 Å². The number of rotatable bonds is 11. The lowest BCUT2D eigenvalue weighted by molar-refractivity contribution is -0.143. The van der Waals surface area contributed by atoms with Crippen molar-refractivity contribution in [1.82, 2.24) is 10.6 Å². The monoisotopic (exact) mass is 454 g/mol. The Balaban J connectivity index is 1.60. The maximum atomic E-state index is 12.6. The zero-order chi connectivity index (χ0) is 23.8. The van der Waals surface area contributed by atoms with E-state index in [1.807, 2.05) is 43.3 Å². The minimum Gasteiger partial charge on any atom is -0.480 e. The van der Waals surface area contributed by atoms with Crippen molar-refractivity contribution in [1.29, 1.82) is 0 Å². The van der Waals surface area contributed by atoms with Gasteiger partial charge in [-0.2, -0.15) is 0 Å². The minimum absolute atomic E-state index is 0.0681. The summed E-state index contributed by atoms with van der Waals surface area (Å²) >= 11 is 0. The molecule has 1 aliphatic rings. The summed E-state index contributed by atoms with van der Waals surface area (Å²) in [7, 11) is 0. The molecule has 0 aromatic heterocycles. The Kier molecular flexibility index (Phi) is 8.43. The van der Waals surface area contributed by atoms with Crippen molar-refractivity contribution < 1.29 is 29.3 Å². The summed E-state index contributed by atoms with van der Waals surface area (Å²) < 4.78 is 5.56. The zero-order valence-corrected chi connectivity index (χ0v) is 18.6. The van der Waals surface area contributed by atoms with Crippen LogP contribution in [-0.4, -0.2) is 53.5 Å². The number of fused-ring (bicyclic) bond motifs is 3.